The van der Waals surface area contributed by atoms with Crippen LogP contribution < -0.4 is 4.74 Å². The molecule has 0 bridgehead atoms. The highest BCUT2D eigenvalue weighted by atomic mass is 79.9. The van der Waals surface area contributed by atoms with Gasteiger partial charge < -0.3 is 9.30 Å². The molecule has 2 aromatic carbocycles. The van der Waals surface area contributed by atoms with Gasteiger partial charge in [0.25, 0.3) is 0 Å². The molecule has 0 saturated carbocycles. The van der Waals surface area contributed by atoms with Gasteiger partial charge in [-0.05, 0) is 55.7 Å². The van der Waals surface area contributed by atoms with Gasteiger partial charge in [-0.15, -0.1) is 10.2 Å². The molecule has 0 N–H and O–H groups in total. The molecule has 26 heavy (non-hydrogen) atoms. The zero-order valence-corrected chi connectivity index (χ0v) is 17.8. The second-order valence-corrected chi connectivity index (χ2v) is 8.13. The SMILES string of the molecule is Cc1cccc(OC(C)c2nnc(SCc3ccc(Br)cc3)n2C)c1C. The molecule has 1 aromatic heterocycles. The number of rotatable bonds is 6. The molecule has 0 aliphatic carbocycles. The number of aromatic nitrogens is 3. The number of thioether (sulfide) groups is 1. The molecule has 0 spiro atoms. The molecule has 3 aromatic rings. The lowest BCUT2D eigenvalue weighted by molar-refractivity contribution is 0.210. The predicted octanol–water partition coefficient (Wildman–Crippen LogP) is 5.63. The Hall–Kier alpha value is -1.79. The van der Waals surface area contributed by atoms with Crippen molar-refractivity contribution in [3.63, 3.8) is 0 Å². The maximum absolute atomic E-state index is 6.14. The van der Waals surface area contributed by atoms with Gasteiger partial charge in [-0.1, -0.05) is 52.0 Å². The van der Waals surface area contributed by atoms with Crippen LogP contribution in [0.15, 0.2) is 52.1 Å². The molecule has 1 heterocycles. The second kappa shape index (κ2) is 8.27. The largest absolute Gasteiger partial charge is 0.482 e. The highest BCUT2D eigenvalue weighted by Crippen LogP contribution is 2.28. The molecule has 0 aliphatic heterocycles. The van der Waals surface area contributed by atoms with Gasteiger partial charge in [-0.25, -0.2) is 0 Å². The van der Waals surface area contributed by atoms with Crippen LogP contribution in [0.5, 0.6) is 5.75 Å². The standard InChI is InChI=1S/C20H22BrN3OS/c1-13-6-5-7-18(14(13)2)25-15(3)19-22-23-20(24(19)4)26-12-16-8-10-17(21)11-9-16/h5-11,15H,12H2,1-4H3. The summed E-state index contributed by atoms with van der Waals surface area (Å²) in [4.78, 5) is 0. The number of halogens is 1. The van der Waals surface area contributed by atoms with E-state index in [2.05, 4.69) is 70.3 Å². The molecule has 4 nitrogen and oxygen atoms in total. The second-order valence-electron chi connectivity index (χ2n) is 6.27. The highest BCUT2D eigenvalue weighted by molar-refractivity contribution is 9.10. The number of aryl methyl sites for hydroxylation is 1. The van der Waals surface area contributed by atoms with Crippen molar-refractivity contribution in [2.24, 2.45) is 7.05 Å². The summed E-state index contributed by atoms with van der Waals surface area (Å²) < 4.78 is 9.25. The number of benzene rings is 2. The van der Waals surface area contributed by atoms with Crippen molar-refractivity contribution in [1.29, 1.82) is 0 Å². The van der Waals surface area contributed by atoms with Crippen LogP contribution in [0.3, 0.4) is 0 Å². The van der Waals surface area contributed by atoms with Gasteiger partial charge in [0.1, 0.15) is 5.75 Å². The van der Waals surface area contributed by atoms with E-state index in [-0.39, 0.29) is 6.10 Å². The van der Waals surface area contributed by atoms with Gasteiger partial charge >= 0.3 is 0 Å². The summed E-state index contributed by atoms with van der Waals surface area (Å²) in [7, 11) is 1.99. The van der Waals surface area contributed by atoms with Crippen molar-refractivity contribution in [3.8, 4) is 5.75 Å². The van der Waals surface area contributed by atoms with Crippen LogP contribution in [0.25, 0.3) is 0 Å². The summed E-state index contributed by atoms with van der Waals surface area (Å²) in [6.07, 6.45) is -0.171. The Morgan fingerprint density at radius 2 is 1.85 bits per heavy atom. The van der Waals surface area contributed by atoms with Gasteiger partial charge in [0.2, 0.25) is 0 Å². The molecule has 0 saturated heterocycles. The summed E-state index contributed by atoms with van der Waals surface area (Å²) in [5, 5.41) is 9.58. The van der Waals surface area contributed by atoms with Crippen LogP contribution in [0.1, 0.15) is 35.5 Å². The van der Waals surface area contributed by atoms with Crippen molar-refractivity contribution in [3.05, 3.63) is 69.5 Å². The quantitative estimate of drug-likeness (QED) is 0.474. The highest BCUT2D eigenvalue weighted by Gasteiger charge is 2.18. The fourth-order valence-corrected chi connectivity index (χ4v) is 3.77. The topological polar surface area (TPSA) is 39.9 Å². The summed E-state index contributed by atoms with van der Waals surface area (Å²) in [6.45, 7) is 6.18. The maximum Gasteiger partial charge on any atom is 0.191 e. The van der Waals surface area contributed by atoms with Crippen LogP contribution in [0.2, 0.25) is 0 Å². The first-order valence-electron chi connectivity index (χ1n) is 8.45. The van der Waals surface area contributed by atoms with Crippen LogP contribution in [0, 0.1) is 13.8 Å². The Balaban J connectivity index is 1.69. The van der Waals surface area contributed by atoms with Crippen LogP contribution in [-0.4, -0.2) is 14.8 Å². The Morgan fingerprint density at radius 3 is 2.58 bits per heavy atom. The average Bonchev–Trinajstić information content (AvgIpc) is 2.99. The number of nitrogens with zero attached hydrogens (tertiary/aromatic N) is 3. The van der Waals surface area contributed by atoms with E-state index in [1.165, 1.54) is 11.1 Å². The zero-order chi connectivity index (χ0) is 18.7. The van der Waals surface area contributed by atoms with Gasteiger partial charge in [0, 0.05) is 17.3 Å². The first kappa shape index (κ1) is 19.0. The summed E-state index contributed by atoms with van der Waals surface area (Å²) >= 11 is 5.14. The first-order chi connectivity index (χ1) is 12.5. The lowest BCUT2D eigenvalue weighted by atomic mass is 10.1. The monoisotopic (exact) mass is 431 g/mol. The zero-order valence-electron chi connectivity index (χ0n) is 15.4. The van der Waals surface area contributed by atoms with Crippen molar-refractivity contribution in [2.75, 3.05) is 0 Å². The molecule has 0 aliphatic rings. The Kier molecular flexibility index (Phi) is 6.04. The minimum absolute atomic E-state index is 0.171. The lowest BCUT2D eigenvalue weighted by Gasteiger charge is -2.16. The molecule has 0 fully saturated rings. The van der Waals surface area contributed by atoms with E-state index in [1.807, 2.05) is 30.7 Å². The fraction of sp³-hybridized carbons (Fsp3) is 0.300. The van der Waals surface area contributed by atoms with Crippen LogP contribution in [0.4, 0.5) is 0 Å². The van der Waals surface area contributed by atoms with Gasteiger partial charge in [0.05, 0.1) is 0 Å². The molecular formula is C20H22BrN3OS. The van der Waals surface area contributed by atoms with Gasteiger partial charge in [-0.2, -0.15) is 0 Å². The van der Waals surface area contributed by atoms with E-state index in [4.69, 9.17) is 4.74 Å². The van der Waals surface area contributed by atoms with Gasteiger partial charge in [0.15, 0.2) is 17.1 Å². The first-order valence-corrected chi connectivity index (χ1v) is 10.2. The molecule has 0 radical (unpaired) electrons. The minimum atomic E-state index is -0.171. The Morgan fingerprint density at radius 1 is 1.12 bits per heavy atom. The number of ether oxygens (including phenoxy) is 1. The Bertz CT molecular complexity index is 893. The Labute approximate surface area is 167 Å². The third-order valence-electron chi connectivity index (χ3n) is 4.37. The molecule has 3 rings (SSSR count). The van der Waals surface area contributed by atoms with E-state index < -0.39 is 0 Å². The van der Waals surface area contributed by atoms with Crippen molar-refractivity contribution in [1.82, 2.24) is 14.8 Å². The lowest BCUT2D eigenvalue weighted by Crippen LogP contribution is -2.10. The maximum atomic E-state index is 6.14. The van der Waals surface area contributed by atoms with Crippen LogP contribution in [-0.2, 0) is 12.8 Å². The molecule has 1 atom stereocenters. The predicted molar refractivity (Wildman–Crippen MR) is 110 cm³/mol. The molecule has 136 valence electrons. The van der Waals surface area contributed by atoms with E-state index in [0.717, 1.165) is 32.5 Å². The van der Waals surface area contributed by atoms with Crippen molar-refractivity contribution in [2.45, 2.75) is 37.8 Å². The van der Waals surface area contributed by atoms with E-state index in [9.17, 15) is 0 Å². The smallest absolute Gasteiger partial charge is 0.191 e. The molecule has 0 amide bonds. The minimum Gasteiger partial charge on any atom is -0.482 e. The number of hydrogen-bond acceptors (Lipinski definition) is 4. The third kappa shape index (κ3) is 4.30. The van der Waals surface area contributed by atoms with Gasteiger partial charge in [-0.3, -0.25) is 0 Å². The third-order valence-corrected chi connectivity index (χ3v) is 5.99. The molecular weight excluding hydrogens is 410 g/mol. The van der Waals surface area contributed by atoms with E-state index in [0.29, 0.717) is 0 Å². The average molecular weight is 432 g/mol. The van der Waals surface area contributed by atoms with E-state index in [1.54, 1.807) is 11.8 Å². The van der Waals surface area contributed by atoms with Crippen LogP contribution >= 0.6 is 27.7 Å². The summed E-state index contributed by atoms with van der Waals surface area (Å²) in [5.74, 6) is 2.57. The summed E-state index contributed by atoms with van der Waals surface area (Å²) in [6, 6.07) is 14.4. The number of hydrogen-bond donors (Lipinski definition) is 0. The fourth-order valence-electron chi connectivity index (χ4n) is 2.63. The van der Waals surface area contributed by atoms with Crippen molar-refractivity contribution >= 4 is 27.7 Å². The molecule has 1 unspecified atom stereocenters. The molecule has 6 heteroatoms. The normalized spacial score (nSPS) is 12.2. The van der Waals surface area contributed by atoms with Crippen molar-refractivity contribution < 1.29 is 4.74 Å². The summed E-state index contributed by atoms with van der Waals surface area (Å²) in [5.41, 5.74) is 3.63. The van der Waals surface area contributed by atoms with E-state index >= 15 is 0 Å².